The van der Waals surface area contributed by atoms with Crippen molar-refractivity contribution in [3.05, 3.63) is 95.6 Å². The monoisotopic (exact) mass is 476 g/mol. The second-order valence-electron chi connectivity index (χ2n) is 7.65. The zero-order valence-electron chi connectivity index (χ0n) is 18.8. The lowest BCUT2D eigenvalue weighted by Gasteiger charge is -2.24. The Labute approximate surface area is 199 Å². The van der Waals surface area contributed by atoms with Gasteiger partial charge in [-0.3, -0.25) is 0 Å². The largest absolute Gasteiger partial charge is 0.497 e. The van der Waals surface area contributed by atoms with Gasteiger partial charge in [0.05, 0.1) is 13.7 Å². The molecular formula is C26H24N2O5S. The van der Waals surface area contributed by atoms with Gasteiger partial charge in [-0.25, -0.2) is 4.79 Å². The molecule has 0 fully saturated rings. The van der Waals surface area contributed by atoms with Crippen molar-refractivity contribution in [2.75, 3.05) is 25.2 Å². The SMILES string of the molecule is COc1ccc(/C=C/C(=O)OCCN(C2=NS(=O)(=O)c3ccccc32)c2ccc(C)cc2)cc1. The van der Waals surface area contributed by atoms with E-state index in [2.05, 4.69) is 4.40 Å². The van der Waals surface area contributed by atoms with Gasteiger partial charge < -0.3 is 14.4 Å². The van der Waals surface area contributed by atoms with Gasteiger partial charge in [0.15, 0.2) is 5.84 Å². The van der Waals surface area contributed by atoms with Crippen LogP contribution in [0.25, 0.3) is 6.08 Å². The number of esters is 1. The Morgan fingerprint density at radius 1 is 1.00 bits per heavy atom. The lowest BCUT2D eigenvalue weighted by Crippen LogP contribution is -2.34. The van der Waals surface area contributed by atoms with E-state index in [1.54, 1.807) is 54.5 Å². The predicted octanol–water partition coefficient (Wildman–Crippen LogP) is 4.22. The Balaban J connectivity index is 1.49. The maximum atomic E-state index is 12.6. The number of benzene rings is 3. The average Bonchev–Trinajstić information content (AvgIpc) is 3.12. The minimum absolute atomic E-state index is 0.0426. The number of aryl methyl sites for hydroxylation is 1. The van der Waals surface area contributed by atoms with Gasteiger partial charge in [0.2, 0.25) is 0 Å². The number of carbonyl (C=O) groups excluding carboxylic acids is 1. The number of hydrogen-bond acceptors (Lipinski definition) is 6. The van der Waals surface area contributed by atoms with Crippen molar-refractivity contribution in [1.82, 2.24) is 0 Å². The Morgan fingerprint density at radius 3 is 2.41 bits per heavy atom. The molecule has 0 bridgehead atoms. The van der Waals surface area contributed by atoms with E-state index in [0.29, 0.717) is 11.4 Å². The third-order valence-corrected chi connectivity index (χ3v) is 6.63. The Morgan fingerprint density at radius 2 is 1.71 bits per heavy atom. The van der Waals surface area contributed by atoms with Crippen LogP contribution in [0.1, 0.15) is 16.7 Å². The summed E-state index contributed by atoms with van der Waals surface area (Å²) >= 11 is 0. The normalized spacial score (nSPS) is 13.9. The van der Waals surface area contributed by atoms with Gasteiger partial charge in [-0.15, -0.1) is 4.40 Å². The van der Waals surface area contributed by atoms with Crippen molar-refractivity contribution in [2.45, 2.75) is 11.8 Å². The summed E-state index contributed by atoms with van der Waals surface area (Å²) in [6, 6.07) is 21.6. The molecule has 3 aromatic carbocycles. The summed E-state index contributed by atoms with van der Waals surface area (Å²) in [5, 5.41) is 0. The fourth-order valence-electron chi connectivity index (χ4n) is 3.53. The molecule has 0 aliphatic carbocycles. The molecule has 7 nitrogen and oxygen atoms in total. The Bertz CT molecular complexity index is 1340. The fraction of sp³-hybridized carbons (Fsp3) is 0.154. The highest BCUT2D eigenvalue weighted by Crippen LogP contribution is 2.30. The smallest absolute Gasteiger partial charge is 0.330 e. The Kier molecular flexibility index (Phi) is 6.79. The third-order valence-electron chi connectivity index (χ3n) is 5.30. The summed E-state index contributed by atoms with van der Waals surface area (Å²) in [5.74, 6) is 0.541. The van der Waals surface area contributed by atoms with Crippen molar-refractivity contribution < 1.29 is 22.7 Å². The zero-order valence-corrected chi connectivity index (χ0v) is 19.7. The van der Waals surface area contributed by atoms with Crippen LogP contribution in [0, 0.1) is 6.92 Å². The van der Waals surface area contributed by atoms with Crippen LogP contribution in [0.5, 0.6) is 5.75 Å². The highest BCUT2D eigenvalue weighted by molar-refractivity contribution is 7.90. The summed E-state index contributed by atoms with van der Waals surface area (Å²) in [6.07, 6.45) is 3.01. The number of carbonyl (C=O) groups is 1. The highest BCUT2D eigenvalue weighted by Gasteiger charge is 2.32. The topological polar surface area (TPSA) is 85.3 Å². The number of ether oxygens (including phenoxy) is 2. The molecule has 0 N–H and O–H groups in total. The van der Waals surface area contributed by atoms with E-state index in [4.69, 9.17) is 9.47 Å². The first-order chi connectivity index (χ1) is 16.4. The van der Waals surface area contributed by atoms with E-state index in [0.717, 1.165) is 22.6 Å². The molecule has 1 aliphatic heterocycles. The molecular weight excluding hydrogens is 452 g/mol. The number of anilines is 1. The molecule has 8 heteroatoms. The third kappa shape index (κ3) is 5.18. The minimum atomic E-state index is -3.78. The summed E-state index contributed by atoms with van der Waals surface area (Å²) < 4.78 is 39.7. The van der Waals surface area contributed by atoms with E-state index in [9.17, 15) is 13.2 Å². The lowest BCUT2D eigenvalue weighted by molar-refractivity contribution is -0.137. The van der Waals surface area contributed by atoms with Crippen LogP contribution >= 0.6 is 0 Å². The van der Waals surface area contributed by atoms with Crippen LogP contribution < -0.4 is 9.64 Å². The zero-order chi connectivity index (χ0) is 24.1. The van der Waals surface area contributed by atoms with E-state index in [1.807, 2.05) is 43.3 Å². The molecule has 0 saturated heterocycles. The molecule has 3 aromatic rings. The van der Waals surface area contributed by atoms with E-state index < -0.39 is 16.0 Å². The van der Waals surface area contributed by atoms with Gasteiger partial charge in [0.1, 0.15) is 17.3 Å². The van der Waals surface area contributed by atoms with Crippen LogP contribution in [0.3, 0.4) is 0 Å². The molecule has 0 saturated carbocycles. The Hall–Kier alpha value is -3.91. The van der Waals surface area contributed by atoms with E-state index in [1.165, 1.54) is 6.08 Å². The average molecular weight is 477 g/mol. The van der Waals surface area contributed by atoms with Gasteiger partial charge in [0, 0.05) is 17.3 Å². The van der Waals surface area contributed by atoms with Gasteiger partial charge >= 0.3 is 5.97 Å². The fourth-order valence-corrected chi connectivity index (χ4v) is 4.74. The molecule has 0 radical (unpaired) electrons. The van der Waals surface area contributed by atoms with E-state index in [-0.39, 0.29) is 18.0 Å². The van der Waals surface area contributed by atoms with Gasteiger partial charge in [-0.1, -0.05) is 42.0 Å². The molecule has 34 heavy (non-hydrogen) atoms. The molecule has 0 unspecified atom stereocenters. The van der Waals surface area contributed by atoms with Crippen molar-refractivity contribution in [2.24, 2.45) is 4.40 Å². The van der Waals surface area contributed by atoms with Crippen molar-refractivity contribution in [3.63, 3.8) is 0 Å². The number of amidine groups is 1. The first kappa shape index (κ1) is 23.3. The highest BCUT2D eigenvalue weighted by atomic mass is 32.2. The number of hydrogen-bond donors (Lipinski definition) is 0. The van der Waals surface area contributed by atoms with Crippen LogP contribution in [0.15, 0.2) is 88.2 Å². The maximum absolute atomic E-state index is 12.6. The number of methoxy groups -OCH3 is 1. The maximum Gasteiger partial charge on any atom is 0.330 e. The van der Waals surface area contributed by atoms with Crippen molar-refractivity contribution >= 4 is 33.6 Å². The predicted molar refractivity (Wildman–Crippen MR) is 132 cm³/mol. The molecule has 1 heterocycles. The second-order valence-corrected chi connectivity index (χ2v) is 9.22. The summed E-state index contributed by atoms with van der Waals surface area (Å²) in [6.45, 7) is 2.24. The number of sulfonamides is 1. The standard InChI is InChI=1S/C26H24N2O5S/c1-19-7-12-21(13-8-19)28(26-23-5-3-4-6-24(23)34(30,31)27-26)17-18-33-25(29)16-11-20-9-14-22(32-2)15-10-20/h3-16H,17-18H2,1-2H3/b16-11+. The first-order valence-corrected chi connectivity index (χ1v) is 12.1. The molecule has 1 aliphatic rings. The molecule has 0 amide bonds. The van der Waals surface area contributed by atoms with E-state index >= 15 is 0 Å². The minimum Gasteiger partial charge on any atom is -0.497 e. The summed E-state index contributed by atoms with van der Waals surface area (Å²) in [4.78, 5) is 14.2. The van der Waals surface area contributed by atoms with Gasteiger partial charge in [-0.2, -0.15) is 8.42 Å². The van der Waals surface area contributed by atoms with Crippen LogP contribution in [0.2, 0.25) is 0 Å². The van der Waals surface area contributed by atoms with Gasteiger partial charge in [0.25, 0.3) is 10.0 Å². The molecule has 0 atom stereocenters. The number of rotatable bonds is 7. The second kappa shape index (κ2) is 9.93. The summed E-state index contributed by atoms with van der Waals surface area (Å²) in [7, 11) is -2.19. The van der Waals surface area contributed by atoms with Crippen LogP contribution in [0.4, 0.5) is 5.69 Å². The van der Waals surface area contributed by atoms with Crippen molar-refractivity contribution in [1.29, 1.82) is 0 Å². The molecule has 0 aromatic heterocycles. The van der Waals surface area contributed by atoms with Crippen molar-refractivity contribution in [3.8, 4) is 5.75 Å². The van der Waals surface area contributed by atoms with Crippen LogP contribution in [-0.4, -0.2) is 40.5 Å². The number of fused-ring (bicyclic) bond motifs is 1. The molecule has 4 rings (SSSR count). The first-order valence-electron chi connectivity index (χ1n) is 10.6. The number of nitrogens with zero attached hydrogens (tertiary/aromatic N) is 2. The van der Waals surface area contributed by atoms with Gasteiger partial charge in [-0.05, 0) is 55.0 Å². The van der Waals surface area contributed by atoms with Crippen LogP contribution in [-0.2, 0) is 19.6 Å². The quantitative estimate of drug-likeness (QED) is 0.375. The molecule has 0 spiro atoms. The summed E-state index contributed by atoms with van der Waals surface area (Å²) in [5.41, 5.74) is 3.18. The lowest BCUT2D eigenvalue weighted by atomic mass is 10.1. The molecule has 174 valence electrons.